The van der Waals surface area contributed by atoms with Crippen LogP contribution >= 0.6 is 0 Å². The number of hydrogen-bond donors (Lipinski definition) is 3. The molecule has 0 saturated carbocycles. The summed E-state index contributed by atoms with van der Waals surface area (Å²) in [5, 5.41) is 23.5. The summed E-state index contributed by atoms with van der Waals surface area (Å²) < 4.78 is 6.45. The Labute approximate surface area is 201 Å². The Bertz CT molecular complexity index is 1200. The number of allylic oxidation sites excluding steroid dienone is 1. The lowest BCUT2D eigenvalue weighted by Crippen LogP contribution is -2.26. The number of fused-ring (bicyclic) bond motifs is 1. The van der Waals surface area contributed by atoms with E-state index in [1.807, 2.05) is 19.1 Å². The third kappa shape index (κ3) is 5.50. The van der Waals surface area contributed by atoms with E-state index in [2.05, 4.69) is 60.7 Å². The fourth-order valence-electron chi connectivity index (χ4n) is 4.18. The molecule has 3 aromatic carbocycles. The highest BCUT2D eigenvalue weighted by atomic mass is 16.5. The van der Waals surface area contributed by atoms with Gasteiger partial charge in [-0.2, -0.15) is 0 Å². The van der Waals surface area contributed by atoms with Gasteiger partial charge < -0.3 is 25.2 Å². The van der Waals surface area contributed by atoms with Crippen LogP contribution in [0.25, 0.3) is 17.2 Å². The van der Waals surface area contributed by atoms with Crippen molar-refractivity contribution in [3.05, 3.63) is 95.1 Å². The van der Waals surface area contributed by atoms with Crippen molar-refractivity contribution in [2.45, 2.75) is 13.0 Å². The fourth-order valence-corrected chi connectivity index (χ4v) is 4.18. The number of nitrogens with zero attached hydrogens (tertiary/aromatic N) is 1. The minimum Gasteiger partial charge on any atom is -0.508 e. The number of likely N-dealkylation sites (N-methyl/N-ethyl adjacent to an activating group) is 1. The van der Waals surface area contributed by atoms with Gasteiger partial charge in [0.1, 0.15) is 23.4 Å². The summed E-state index contributed by atoms with van der Waals surface area (Å²) >= 11 is 0. The summed E-state index contributed by atoms with van der Waals surface area (Å²) in [6, 6.07) is 20.8. The maximum absolute atomic E-state index is 10.1. The second-order valence-corrected chi connectivity index (χ2v) is 8.84. The molecule has 0 fully saturated rings. The molecule has 3 aromatic rings. The van der Waals surface area contributed by atoms with Crippen LogP contribution in [-0.4, -0.2) is 48.8 Å². The molecule has 1 aliphatic rings. The SMILES string of the molecule is CC1=C(c2cccc(O)c2)C(c2ccc(/C=C\CNCCN(C)C)cc2)Oc2ccc(O)cc21. The van der Waals surface area contributed by atoms with Crippen LogP contribution in [0.3, 0.4) is 0 Å². The molecule has 1 aliphatic heterocycles. The van der Waals surface area contributed by atoms with E-state index in [9.17, 15) is 10.2 Å². The Balaban J connectivity index is 1.60. The maximum Gasteiger partial charge on any atom is 0.150 e. The molecule has 0 amide bonds. The second-order valence-electron chi connectivity index (χ2n) is 8.84. The standard InChI is InChI=1S/C29H32N2O3/c1-20-26-19-25(33)13-14-27(26)34-29(28(20)23-7-4-8-24(32)18-23)22-11-9-21(10-12-22)6-5-15-30-16-17-31(2)3/h4-14,18-19,29-30,32-33H,15-17H2,1-3H3/b6-5-. The van der Waals surface area contributed by atoms with Gasteiger partial charge in [0.15, 0.2) is 0 Å². The fraction of sp³-hybridized carbons (Fsp3) is 0.241. The number of hydrogen-bond acceptors (Lipinski definition) is 5. The van der Waals surface area contributed by atoms with Gasteiger partial charge in [-0.1, -0.05) is 48.6 Å². The first-order valence-corrected chi connectivity index (χ1v) is 11.5. The van der Waals surface area contributed by atoms with Crippen molar-refractivity contribution >= 4 is 17.2 Å². The van der Waals surface area contributed by atoms with E-state index < -0.39 is 0 Å². The van der Waals surface area contributed by atoms with Crippen molar-refractivity contribution < 1.29 is 14.9 Å². The van der Waals surface area contributed by atoms with Crippen molar-refractivity contribution in [2.24, 2.45) is 0 Å². The normalized spacial score (nSPS) is 15.6. The molecule has 0 bridgehead atoms. The minimum atomic E-state index is -0.329. The summed E-state index contributed by atoms with van der Waals surface area (Å²) in [6.07, 6.45) is 3.92. The maximum atomic E-state index is 10.1. The molecular weight excluding hydrogens is 424 g/mol. The predicted molar refractivity (Wildman–Crippen MR) is 139 cm³/mol. The number of benzene rings is 3. The Morgan fingerprint density at radius 2 is 1.74 bits per heavy atom. The lowest BCUT2D eigenvalue weighted by molar-refractivity contribution is 0.259. The second kappa shape index (κ2) is 10.6. The van der Waals surface area contributed by atoms with Crippen LogP contribution in [0.15, 0.2) is 72.8 Å². The summed E-state index contributed by atoms with van der Waals surface area (Å²) in [7, 11) is 4.14. The number of rotatable bonds is 8. The molecule has 5 nitrogen and oxygen atoms in total. The first-order valence-electron chi connectivity index (χ1n) is 11.5. The third-order valence-corrected chi connectivity index (χ3v) is 5.98. The van der Waals surface area contributed by atoms with E-state index in [4.69, 9.17) is 4.74 Å². The van der Waals surface area contributed by atoms with E-state index in [0.717, 1.165) is 58.8 Å². The molecule has 1 atom stereocenters. The number of ether oxygens (including phenoxy) is 1. The van der Waals surface area contributed by atoms with Crippen LogP contribution in [0.2, 0.25) is 0 Å². The van der Waals surface area contributed by atoms with Gasteiger partial charge in [0.05, 0.1) is 0 Å². The number of nitrogens with one attached hydrogen (secondary N) is 1. The molecule has 5 heteroatoms. The Morgan fingerprint density at radius 3 is 2.47 bits per heavy atom. The monoisotopic (exact) mass is 456 g/mol. The van der Waals surface area contributed by atoms with Crippen LogP contribution in [0.4, 0.5) is 0 Å². The zero-order valence-electron chi connectivity index (χ0n) is 20.0. The Kier molecular flexibility index (Phi) is 7.36. The smallest absolute Gasteiger partial charge is 0.150 e. The zero-order valence-corrected chi connectivity index (χ0v) is 20.0. The lowest BCUT2D eigenvalue weighted by Gasteiger charge is -2.31. The quantitative estimate of drug-likeness (QED) is 0.400. The third-order valence-electron chi connectivity index (χ3n) is 5.98. The highest BCUT2D eigenvalue weighted by molar-refractivity contribution is 5.95. The number of aromatic hydroxyl groups is 2. The molecule has 0 spiro atoms. The van der Waals surface area contributed by atoms with Gasteiger partial charge in [-0.05, 0) is 73.6 Å². The summed E-state index contributed by atoms with van der Waals surface area (Å²) in [5.74, 6) is 1.14. The summed E-state index contributed by atoms with van der Waals surface area (Å²) in [5.41, 5.74) is 5.89. The van der Waals surface area contributed by atoms with E-state index in [1.165, 1.54) is 0 Å². The van der Waals surface area contributed by atoms with E-state index in [-0.39, 0.29) is 17.6 Å². The van der Waals surface area contributed by atoms with E-state index in [1.54, 1.807) is 30.3 Å². The lowest BCUT2D eigenvalue weighted by atomic mass is 9.86. The van der Waals surface area contributed by atoms with Gasteiger partial charge in [0.2, 0.25) is 0 Å². The Morgan fingerprint density at radius 1 is 0.971 bits per heavy atom. The van der Waals surface area contributed by atoms with Gasteiger partial charge in [0.25, 0.3) is 0 Å². The highest BCUT2D eigenvalue weighted by Crippen LogP contribution is 2.47. The first-order chi connectivity index (χ1) is 16.4. The summed E-state index contributed by atoms with van der Waals surface area (Å²) in [4.78, 5) is 2.16. The Hall–Kier alpha value is -3.54. The van der Waals surface area contributed by atoms with Crippen LogP contribution < -0.4 is 10.1 Å². The highest BCUT2D eigenvalue weighted by Gasteiger charge is 2.29. The van der Waals surface area contributed by atoms with Crippen molar-refractivity contribution in [3.63, 3.8) is 0 Å². The van der Waals surface area contributed by atoms with Gasteiger partial charge in [-0.25, -0.2) is 0 Å². The molecule has 1 unspecified atom stereocenters. The molecular formula is C29H32N2O3. The number of phenols is 2. The topological polar surface area (TPSA) is 65.0 Å². The van der Waals surface area contributed by atoms with Gasteiger partial charge >= 0.3 is 0 Å². The van der Waals surface area contributed by atoms with Gasteiger partial charge in [0, 0.05) is 30.8 Å². The molecule has 4 rings (SSSR count). The molecule has 0 aliphatic carbocycles. The average Bonchev–Trinajstić information content (AvgIpc) is 2.82. The average molecular weight is 457 g/mol. The largest absolute Gasteiger partial charge is 0.508 e. The first kappa shape index (κ1) is 23.6. The van der Waals surface area contributed by atoms with Crippen molar-refractivity contribution in [1.82, 2.24) is 10.2 Å². The number of phenolic OH excluding ortho intramolecular Hbond substituents is 2. The molecule has 0 aromatic heterocycles. The molecule has 176 valence electrons. The van der Waals surface area contributed by atoms with E-state index in [0.29, 0.717) is 0 Å². The molecule has 0 saturated heterocycles. The predicted octanol–water partition coefficient (Wildman–Crippen LogP) is 5.33. The molecule has 0 radical (unpaired) electrons. The molecule has 1 heterocycles. The van der Waals surface area contributed by atoms with Crippen LogP contribution in [0.5, 0.6) is 17.2 Å². The van der Waals surface area contributed by atoms with Gasteiger partial charge in [-0.15, -0.1) is 0 Å². The van der Waals surface area contributed by atoms with E-state index >= 15 is 0 Å². The molecule has 3 N–H and O–H groups in total. The van der Waals surface area contributed by atoms with Crippen molar-refractivity contribution in [3.8, 4) is 17.2 Å². The van der Waals surface area contributed by atoms with Crippen molar-refractivity contribution in [2.75, 3.05) is 33.7 Å². The minimum absolute atomic E-state index is 0.197. The van der Waals surface area contributed by atoms with Crippen LogP contribution in [-0.2, 0) is 0 Å². The molecule has 34 heavy (non-hydrogen) atoms. The van der Waals surface area contributed by atoms with Crippen LogP contribution in [0.1, 0.15) is 35.3 Å². The zero-order chi connectivity index (χ0) is 24.1. The van der Waals surface area contributed by atoms with Crippen molar-refractivity contribution in [1.29, 1.82) is 0 Å². The van der Waals surface area contributed by atoms with Gasteiger partial charge in [-0.3, -0.25) is 0 Å². The van der Waals surface area contributed by atoms with Crippen LogP contribution in [0, 0.1) is 0 Å². The summed E-state index contributed by atoms with van der Waals surface area (Å²) in [6.45, 7) is 4.83.